The van der Waals surface area contributed by atoms with Crippen LogP contribution in [0.4, 0.5) is 0 Å². The normalized spacial score (nSPS) is 11.2. The van der Waals surface area contributed by atoms with Gasteiger partial charge in [-0.05, 0) is 25.1 Å². The van der Waals surface area contributed by atoms with Crippen molar-refractivity contribution in [2.24, 2.45) is 5.92 Å². The highest BCUT2D eigenvalue weighted by molar-refractivity contribution is 6.00. The summed E-state index contributed by atoms with van der Waals surface area (Å²) in [4.78, 5) is 11.8. The lowest BCUT2D eigenvalue weighted by Gasteiger charge is -2.03. The topological polar surface area (TPSA) is 43.1 Å². The highest BCUT2D eigenvalue weighted by Crippen LogP contribution is 2.20. The SMILES string of the molecule is Cc1noc2ccc(C(=O)C(C)C)cc12. The van der Waals surface area contributed by atoms with Crippen molar-refractivity contribution in [3.05, 3.63) is 29.5 Å². The number of nitrogens with zero attached hydrogens (tertiary/aromatic N) is 1. The first kappa shape index (κ1) is 9.90. The lowest BCUT2D eigenvalue weighted by molar-refractivity contribution is 0.0939. The minimum absolute atomic E-state index is 0.0163. The van der Waals surface area contributed by atoms with E-state index in [1.54, 1.807) is 12.1 Å². The molecule has 78 valence electrons. The summed E-state index contributed by atoms with van der Waals surface area (Å²) in [6, 6.07) is 5.43. The van der Waals surface area contributed by atoms with Gasteiger partial charge in [0.15, 0.2) is 11.4 Å². The molecule has 1 aromatic heterocycles. The third-order valence-electron chi connectivity index (χ3n) is 2.46. The van der Waals surface area contributed by atoms with Crippen LogP contribution in [-0.2, 0) is 0 Å². The molecular formula is C12H13NO2. The van der Waals surface area contributed by atoms with E-state index in [9.17, 15) is 4.79 Å². The molecule has 0 atom stereocenters. The Morgan fingerprint density at radius 3 is 2.80 bits per heavy atom. The molecule has 0 bridgehead atoms. The zero-order valence-electron chi connectivity index (χ0n) is 9.07. The summed E-state index contributed by atoms with van der Waals surface area (Å²) in [7, 11) is 0. The average molecular weight is 203 g/mol. The molecule has 0 aliphatic rings. The summed E-state index contributed by atoms with van der Waals surface area (Å²) >= 11 is 0. The number of fused-ring (bicyclic) bond motifs is 1. The summed E-state index contributed by atoms with van der Waals surface area (Å²) in [5, 5.41) is 4.77. The Kier molecular flexibility index (Phi) is 2.31. The Bertz CT molecular complexity index is 511. The largest absolute Gasteiger partial charge is 0.356 e. The minimum Gasteiger partial charge on any atom is -0.356 e. The third kappa shape index (κ3) is 1.65. The summed E-state index contributed by atoms with van der Waals surface area (Å²) in [6.07, 6.45) is 0. The second-order valence-corrected chi connectivity index (χ2v) is 4.00. The van der Waals surface area contributed by atoms with E-state index in [0.29, 0.717) is 0 Å². The summed E-state index contributed by atoms with van der Waals surface area (Å²) < 4.78 is 5.08. The van der Waals surface area contributed by atoms with Crippen molar-refractivity contribution in [2.75, 3.05) is 0 Å². The zero-order valence-corrected chi connectivity index (χ0v) is 9.07. The van der Waals surface area contributed by atoms with E-state index < -0.39 is 0 Å². The number of aromatic nitrogens is 1. The smallest absolute Gasteiger partial charge is 0.167 e. The fourth-order valence-electron chi connectivity index (χ4n) is 1.55. The van der Waals surface area contributed by atoms with Crippen LogP contribution in [0.2, 0.25) is 0 Å². The van der Waals surface area contributed by atoms with Crippen LogP contribution in [0, 0.1) is 12.8 Å². The molecule has 2 rings (SSSR count). The number of aryl methyl sites for hydroxylation is 1. The Balaban J connectivity index is 2.55. The van der Waals surface area contributed by atoms with Crippen molar-refractivity contribution < 1.29 is 9.32 Å². The predicted molar refractivity (Wildman–Crippen MR) is 57.9 cm³/mol. The molecular weight excluding hydrogens is 190 g/mol. The Morgan fingerprint density at radius 1 is 1.40 bits per heavy atom. The van der Waals surface area contributed by atoms with Gasteiger partial charge in [0.25, 0.3) is 0 Å². The van der Waals surface area contributed by atoms with Gasteiger partial charge in [-0.15, -0.1) is 0 Å². The minimum atomic E-state index is 0.0163. The standard InChI is InChI=1S/C12H13NO2/c1-7(2)12(14)9-4-5-11-10(6-9)8(3)13-15-11/h4-7H,1-3H3. The third-order valence-corrected chi connectivity index (χ3v) is 2.46. The maximum atomic E-state index is 11.8. The van der Waals surface area contributed by atoms with E-state index in [1.165, 1.54) is 0 Å². The highest BCUT2D eigenvalue weighted by atomic mass is 16.5. The van der Waals surface area contributed by atoms with Crippen molar-refractivity contribution in [1.29, 1.82) is 0 Å². The average Bonchev–Trinajstić information content (AvgIpc) is 2.59. The molecule has 0 amide bonds. The van der Waals surface area contributed by atoms with Crippen LogP contribution in [-0.4, -0.2) is 10.9 Å². The molecule has 0 unspecified atom stereocenters. The van der Waals surface area contributed by atoms with E-state index in [0.717, 1.165) is 22.2 Å². The monoisotopic (exact) mass is 203 g/mol. The molecule has 15 heavy (non-hydrogen) atoms. The van der Waals surface area contributed by atoms with Gasteiger partial charge in [-0.2, -0.15) is 0 Å². The predicted octanol–water partition coefficient (Wildman–Crippen LogP) is 2.97. The van der Waals surface area contributed by atoms with Gasteiger partial charge in [-0.25, -0.2) is 0 Å². The van der Waals surface area contributed by atoms with Gasteiger partial charge in [-0.3, -0.25) is 4.79 Å². The van der Waals surface area contributed by atoms with Crippen LogP contribution in [0.3, 0.4) is 0 Å². The van der Waals surface area contributed by atoms with Crippen LogP contribution in [0.15, 0.2) is 22.7 Å². The molecule has 0 radical (unpaired) electrons. The van der Waals surface area contributed by atoms with Gasteiger partial charge in [0.1, 0.15) is 0 Å². The number of benzene rings is 1. The summed E-state index contributed by atoms with van der Waals surface area (Å²) in [6.45, 7) is 5.66. The van der Waals surface area contributed by atoms with E-state index in [4.69, 9.17) is 4.52 Å². The van der Waals surface area contributed by atoms with Crippen molar-refractivity contribution in [1.82, 2.24) is 5.16 Å². The summed E-state index contributed by atoms with van der Waals surface area (Å²) in [5.41, 5.74) is 2.28. The van der Waals surface area contributed by atoms with Gasteiger partial charge in [0, 0.05) is 16.9 Å². The fraction of sp³-hybridized carbons (Fsp3) is 0.333. The van der Waals surface area contributed by atoms with Crippen molar-refractivity contribution in [3.63, 3.8) is 0 Å². The molecule has 0 saturated carbocycles. The Morgan fingerprint density at radius 2 is 2.13 bits per heavy atom. The number of Topliss-reactive ketones (excluding diaryl/α,β-unsaturated/α-hetero) is 1. The van der Waals surface area contributed by atoms with Crippen LogP contribution in [0.25, 0.3) is 11.0 Å². The van der Waals surface area contributed by atoms with E-state index >= 15 is 0 Å². The van der Waals surface area contributed by atoms with Crippen LogP contribution in [0.1, 0.15) is 29.9 Å². The molecule has 0 aliphatic heterocycles. The molecule has 3 nitrogen and oxygen atoms in total. The lowest BCUT2D eigenvalue weighted by Crippen LogP contribution is -2.06. The van der Waals surface area contributed by atoms with E-state index in [2.05, 4.69) is 5.16 Å². The molecule has 0 N–H and O–H groups in total. The van der Waals surface area contributed by atoms with Crippen molar-refractivity contribution >= 4 is 16.8 Å². The van der Waals surface area contributed by atoms with Crippen LogP contribution >= 0.6 is 0 Å². The number of hydrogen-bond acceptors (Lipinski definition) is 3. The fourth-order valence-corrected chi connectivity index (χ4v) is 1.55. The number of ketones is 1. The van der Waals surface area contributed by atoms with Gasteiger partial charge in [-0.1, -0.05) is 19.0 Å². The quantitative estimate of drug-likeness (QED) is 0.705. The second kappa shape index (κ2) is 3.50. The number of carbonyl (C=O) groups excluding carboxylic acids is 1. The van der Waals surface area contributed by atoms with Gasteiger partial charge in [0.2, 0.25) is 0 Å². The van der Waals surface area contributed by atoms with Crippen LogP contribution < -0.4 is 0 Å². The highest BCUT2D eigenvalue weighted by Gasteiger charge is 2.12. The number of hydrogen-bond donors (Lipinski definition) is 0. The molecule has 0 spiro atoms. The van der Waals surface area contributed by atoms with Crippen molar-refractivity contribution in [2.45, 2.75) is 20.8 Å². The number of rotatable bonds is 2. The maximum absolute atomic E-state index is 11.8. The van der Waals surface area contributed by atoms with Crippen molar-refractivity contribution in [3.8, 4) is 0 Å². The first-order chi connectivity index (χ1) is 7.09. The van der Waals surface area contributed by atoms with Gasteiger partial charge < -0.3 is 4.52 Å². The van der Waals surface area contributed by atoms with E-state index in [-0.39, 0.29) is 11.7 Å². The van der Waals surface area contributed by atoms with Gasteiger partial charge in [0.05, 0.1) is 5.69 Å². The first-order valence-corrected chi connectivity index (χ1v) is 5.00. The molecule has 0 aliphatic carbocycles. The molecule has 1 heterocycles. The maximum Gasteiger partial charge on any atom is 0.167 e. The Hall–Kier alpha value is -1.64. The van der Waals surface area contributed by atoms with Gasteiger partial charge >= 0.3 is 0 Å². The second-order valence-electron chi connectivity index (χ2n) is 4.00. The first-order valence-electron chi connectivity index (χ1n) is 5.00. The molecule has 2 aromatic rings. The Labute approximate surface area is 88.1 Å². The molecule has 0 fully saturated rings. The van der Waals surface area contributed by atoms with E-state index in [1.807, 2.05) is 26.8 Å². The summed E-state index contributed by atoms with van der Waals surface area (Å²) in [5.74, 6) is 0.167. The molecule has 1 aromatic carbocycles. The molecule has 0 saturated heterocycles. The zero-order chi connectivity index (χ0) is 11.0. The molecule has 3 heteroatoms. The number of carbonyl (C=O) groups is 1. The lowest BCUT2D eigenvalue weighted by atomic mass is 10.00. The van der Waals surface area contributed by atoms with Crippen LogP contribution in [0.5, 0.6) is 0 Å².